The molecule has 1 unspecified atom stereocenters. The number of carbonyl (C=O) groups excluding carboxylic acids is 1. The number of nitrogens with two attached hydrogens (primary N) is 1. The predicted molar refractivity (Wildman–Crippen MR) is 75.8 cm³/mol. The summed E-state index contributed by atoms with van der Waals surface area (Å²) in [5.41, 5.74) is 5.53. The summed E-state index contributed by atoms with van der Waals surface area (Å²) in [5, 5.41) is 26.9. The van der Waals surface area contributed by atoms with Gasteiger partial charge < -0.3 is 35.6 Å². The number of phosphoric acid groups is 1. The van der Waals surface area contributed by atoms with Crippen LogP contribution < -0.4 is 5.73 Å². The third kappa shape index (κ3) is 6.34. The van der Waals surface area contributed by atoms with E-state index in [-0.39, 0.29) is 5.91 Å². The number of ether oxygens (including phenoxy) is 1. The maximum atomic E-state index is 10.4. The monoisotopic (exact) mass is 351 g/mol. The Morgan fingerprint density at radius 2 is 1.78 bits per heavy atom. The van der Waals surface area contributed by atoms with Crippen molar-refractivity contribution in [3.8, 4) is 0 Å². The molecule has 7 N–H and O–H groups in total. The minimum Gasteiger partial charge on any atom is -0.394 e. The molecule has 0 bridgehead atoms. The molecule has 1 aromatic carbocycles. The molecule has 0 aromatic heterocycles. The molecule has 1 amide bonds. The number of amides is 1. The number of aliphatic hydroxyl groups excluding tert-OH is 3. The molecule has 0 spiro atoms. The predicted octanol–water partition coefficient (Wildman–Crippen LogP) is -1.68. The molecule has 1 aliphatic rings. The molecule has 1 aromatic rings. The van der Waals surface area contributed by atoms with Crippen molar-refractivity contribution in [3.05, 3.63) is 35.9 Å². The van der Waals surface area contributed by atoms with Gasteiger partial charge in [0.1, 0.15) is 18.3 Å². The standard InChI is InChI=1S/C7H7NO.C5H11O8P/c8-7(9)6-4-2-1-3-5-6;6-1-2-3(7)4(8)5(12-2)13-14(9,10)11/h1-5H,(H2,8,9);2-8H,1H2,(H2,9,10,11)/t;2-,3-,4-,5?/m.1/s1. The van der Waals surface area contributed by atoms with Crippen LogP contribution in [0.25, 0.3) is 0 Å². The molecule has 0 aliphatic carbocycles. The summed E-state index contributed by atoms with van der Waals surface area (Å²) in [5.74, 6) is -0.379. The van der Waals surface area contributed by atoms with Crippen LogP contribution in [-0.2, 0) is 13.8 Å². The molecule has 2 rings (SSSR count). The lowest BCUT2D eigenvalue weighted by atomic mass is 10.1. The first kappa shape index (κ1) is 19.7. The molecule has 1 saturated heterocycles. The van der Waals surface area contributed by atoms with Gasteiger partial charge in [-0.3, -0.25) is 9.32 Å². The summed E-state index contributed by atoms with van der Waals surface area (Å²) in [6, 6.07) is 8.76. The quantitative estimate of drug-likeness (QED) is 0.345. The van der Waals surface area contributed by atoms with E-state index in [1.54, 1.807) is 24.3 Å². The molecule has 130 valence electrons. The summed E-state index contributed by atoms with van der Waals surface area (Å²) < 4.78 is 19.1. The van der Waals surface area contributed by atoms with E-state index in [9.17, 15) is 9.36 Å². The normalized spacial score (nSPS) is 27.2. The Labute approximate surface area is 131 Å². The molecule has 0 saturated carbocycles. The smallest absolute Gasteiger partial charge is 0.394 e. The van der Waals surface area contributed by atoms with Crippen molar-refractivity contribution in [1.29, 1.82) is 0 Å². The Balaban J connectivity index is 0.000000253. The third-order valence-electron chi connectivity index (χ3n) is 2.80. The first-order chi connectivity index (χ1) is 10.7. The maximum Gasteiger partial charge on any atom is 0.472 e. The number of aliphatic hydroxyl groups is 3. The van der Waals surface area contributed by atoms with Crippen LogP contribution in [0.1, 0.15) is 10.4 Å². The SMILES string of the molecule is NC(=O)c1ccccc1.O=P(O)(O)OC1O[C@H](CO)[C@@H](O)[C@H]1O. The highest BCUT2D eigenvalue weighted by molar-refractivity contribution is 7.46. The van der Waals surface area contributed by atoms with Crippen LogP contribution in [0.2, 0.25) is 0 Å². The van der Waals surface area contributed by atoms with Gasteiger partial charge in [0.15, 0.2) is 6.29 Å². The van der Waals surface area contributed by atoms with Gasteiger partial charge in [0, 0.05) is 5.56 Å². The first-order valence-corrected chi connectivity index (χ1v) is 7.90. The molecule has 0 radical (unpaired) electrons. The van der Waals surface area contributed by atoms with E-state index in [4.69, 9.17) is 30.8 Å². The fourth-order valence-corrected chi connectivity index (χ4v) is 2.14. The highest BCUT2D eigenvalue weighted by Crippen LogP contribution is 2.40. The van der Waals surface area contributed by atoms with Crippen molar-refractivity contribution in [2.45, 2.75) is 24.6 Å². The molecule has 23 heavy (non-hydrogen) atoms. The Morgan fingerprint density at radius 3 is 2.13 bits per heavy atom. The summed E-state index contributed by atoms with van der Waals surface area (Å²) in [6.07, 6.45) is -5.78. The van der Waals surface area contributed by atoms with Gasteiger partial charge in [0.25, 0.3) is 0 Å². The van der Waals surface area contributed by atoms with Crippen LogP contribution >= 0.6 is 7.82 Å². The second kappa shape index (κ2) is 8.48. The van der Waals surface area contributed by atoms with E-state index in [1.165, 1.54) is 0 Å². The zero-order chi connectivity index (χ0) is 17.6. The van der Waals surface area contributed by atoms with E-state index in [2.05, 4.69) is 9.26 Å². The average molecular weight is 351 g/mol. The van der Waals surface area contributed by atoms with E-state index in [0.717, 1.165) is 0 Å². The average Bonchev–Trinajstić information content (AvgIpc) is 2.75. The van der Waals surface area contributed by atoms with Crippen molar-refractivity contribution >= 4 is 13.7 Å². The van der Waals surface area contributed by atoms with Crippen molar-refractivity contribution in [3.63, 3.8) is 0 Å². The lowest BCUT2D eigenvalue weighted by Crippen LogP contribution is -2.34. The Bertz CT molecular complexity index is 549. The molecule has 4 atom stereocenters. The van der Waals surface area contributed by atoms with E-state index < -0.39 is 39.0 Å². The number of rotatable bonds is 4. The van der Waals surface area contributed by atoms with Gasteiger partial charge in [0.2, 0.25) is 5.91 Å². The minimum absolute atomic E-state index is 0.379. The molecular formula is C12H18NO9P. The van der Waals surface area contributed by atoms with Crippen LogP contribution in [0, 0.1) is 0 Å². The summed E-state index contributed by atoms with van der Waals surface area (Å²) in [4.78, 5) is 27.2. The zero-order valence-electron chi connectivity index (χ0n) is 11.8. The second-order valence-corrected chi connectivity index (χ2v) is 5.72. The van der Waals surface area contributed by atoms with Gasteiger partial charge in [-0.25, -0.2) is 4.57 Å². The fourth-order valence-electron chi connectivity index (χ4n) is 1.69. The van der Waals surface area contributed by atoms with Gasteiger partial charge >= 0.3 is 7.82 Å². The van der Waals surface area contributed by atoms with E-state index in [0.29, 0.717) is 5.56 Å². The first-order valence-electron chi connectivity index (χ1n) is 6.37. The third-order valence-corrected chi connectivity index (χ3v) is 3.28. The number of hydrogen-bond acceptors (Lipinski definition) is 7. The minimum atomic E-state index is -4.79. The van der Waals surface area contributed by atoms with Crippen molar-refractivity contribution in [2.24, 2.45) is 5.73 Å². The van der Waals surface area contributed by atoms with Gasteiger partial charge in [-0.1, -0.05) is 18.2 Å². The number of phosphoric ester groups is 1. The molecular weight excluding hydrogens is 333 g/mol. The van der Waals surface area contributed by atoms with Crippen molar-refractivity contribution < 1.29 is 43.7 Å². The van der Waals surface area contributed by atoms with Crippen LogP contribution in [-0.4, -0.2) is 62.2 Å². The lowest BCUT2D eigenvalue weighted by molar-refractivity contribution is -0.126. The largest absolute Gasteiger partial charge is 0.472 e. The van der Waals surface area contributed by atoms with Crippen LogP contribution in [0.4, 0.5) is 0 Å². The molecule has 11 heteroatoms. The topological polar surface area (TPSA) is 180 Å². The van der Waals surface area contributed by atoms with Crippen LogP contribution in [0.5, 0.6) is 0 Å². The van der Waals surface area contributed by atoms with Gasteiger partial charge in [0.05, 0.1) is 6.61 Å². The Morgan fingerprint density at radius 1 is 1.22 bits per heavy atom. The van der Waals surface area contributed by atoms with Gasteiger partial charge in [-0.15, -0.1) is 0 Å². The molecule has 1 heterocycles. The van der Waals surface area contributed by atoms with Crippen LogP contribution in [0.15, 0.2) is 30.3 Å². The van der Waals surface area contributed by atoms with Crippen molar-refractivity contribution in [1.82, 2.24) is 0 Å². The summed E-state index contributed by atoms with van der Waals surface area (Å²) in [6.45, 7) is -0.584. The maximum absolute atomic E-state index is 10.4. The summed E-state index contributed by atoms with van der Waals surface area (Å²) >= 11 is 0. The van der Waals surface area contributed by atoms with E-state index in [1.807, 2.05) is 6.07 Å². The Kier molecular flexibility index (Phi) is 7.26. The highest BCUT2D eigenvalue weighted by Gasteiger charge is 2.45. The zero-order valence-corrected chi connectivity index (χ0v) is 12.7. The van der Waals surface area contributed by atoms with Gasteiger partial charge in [-0.05, 0) is 12.1 Å². The number of benzene rings is 1. The fraction of sp³-hybridized carbons (Fsp3) is 0.417. The van der Waals surface area contributed by atoms with Crippen molar-refractivity contribution in [2.75, 3.05) is 6.61 Å². The Hall–Kier alpha value is -1.36. The molecule has 10 nitrogen and oxygen atoms in total. The summed E-state index contributed by atoms with van der Waals surface area (Å²) in [7, 11) is -4.79. The number of carbonyl (C=O) groups is 1. The van der Waals surface area contributed by atoms with E-state index >= 15 is 0 Å². The second-order valence-electron chi connectivity index (χ2n) is 4.53. The molecule has 1 aliphatic heterocycles. The number of hydrogen-bond donors (Lipinski definition) is 6. The molecule has 1 fully saturated rings. The lowest BCUT2D eigenvalue weighted by Gasteiger charge is -2.15. The van der Waals surface area contributed by atoms with Gasteiger partial charge in [-0.2, -0.15) is 0 Å². The number of primary amides is 1. The van der Waals surface area contributed by atoms with Crippen LogP contribution in [0.3, 0.4) is 0 Å². The highest BCUT2D eigenvalue weighted by atomic mass is 31.2.